The van der Waals surface area contributed by atoms with Gasteiger partial charge in [0.15, 0.2) is 5.76 Å². The van der Waals surface area contributed by atoms with Crippen LogP contribution in [0.4, 0.5) is 11.4 Å². The highest BCUT2D eigenvalue weighted by Crippen LogP contribution is 2.29. The van der Waals surface area contributed by atoms with E-state index in [0.717, 1.165) is 53.9 Å². The van der Waals surface area contributed by atoms with E-state index in [-0.39, 0.29) is 0 Å². The molecule has 0 bridgehead atoms. The van der Waals surface area contributed by atoms with Gasteiger partial charge in [0.2, 0.25) is 0 Å². The zero-order valence-electron chi connectivity index (χ0n) is 18.0. The molecule has 32 heavy (non-hydrogen) atoms. The summed E-state index contributed by atoms with van der Waals surface area (Å²) in [5.41, 5.74) is 7.88. The van der Waals surface area contributed by atoms with E-state index in [4.69, 9.17) is 14.6 Å². The summed E-state index contributed by atoms with van der Waals surface area (Å²) in [6, 6.07) is 25.1. The minimum absolute atomic E-state index is 0.798. The molecule has 3 heterocycles. The van der Waals surface area contributed by atoms with Gasteiger partial charge < -0.3 is 4.42 Å². The summed E-state index contributed by atoms with van der Waals surface area (Å²) in [6.45, 7) is 3.83. The maximum Gasteiger partial charge on any atom is 0.151 e. The molecule has 0 atom stereocenters. The number of furan rings is 1. The Kier molecular flexibility index (Phi) is 4.53. The van der Waals surface area contributed by atoms with Crippen LogP contribution in [0.2, 0.25) is 0 Å². The molecule has 5 heteroatoms. The first-order valence-corrected chi connectivity index (χ1v) is 11.1. The molecule has 0 spiro atoms. The second kappa shape index (κ2) is 7.68. The van der Waals surface area contributed by atoms with Crippen LogP contribution in [-0.4, -0.2) is 25.0 Å². The number of hydrogen-bond donors (Lipinski definition) is 0. The maximum atomic E-state index is 6.10. The van der Waals surface area contributed by atoms with Gasteiger partial charge in [0, 0.05) is 18.5 Å². The molecule has 2 aliphatic heterocycles. The standard InChI is InChI=1S/C27H24N4O/c1-19(29-31-15-13-22-7-3-5-9-25(22)31)27-17-23-16-20(10-11-26(23)32-27)18-28-30-14-12-21-6-2-4-8-24(21)30/h2-11,16-18H,12-15H2,1H3/b28-18+,29-19+. The first-order chi connectivity index (χ1) is 15.7. The van der Waals surface area contributed by atoms with Crippen molar-refractivity contribution < 1.29 is 4.42 Å². The number of para-hydroxylation sites is 2. The van der Waals surface area contributed by atoms with Crippen molar-refractivity contribution >= 4 is 34.3 Å². The molecule has 0 unspecified atom stereocenters. The van der Waals surface area contributed by atoms with Gasteiger partial charge in [0.1, 0.15) is 11.3 Å². The van der Waals surface area contributed by atoms with Crippen molar-refractivity contribution in [1.82, 2.24) is 0 Å². The van der Waals surface area contributed by atoms with Crippen LogP contribution < -0.4 is 10.0 Å². The zero-order valence-corrected chi connectivity index (χ0v) is 18.0. The van der Waals surface area contributed by atoms with Gasteiger partial charge in [0.25, 0.3) is 0 Å². The molecule has 0 aliphatic carbocycles. The van der Waals surface area contributed by atoms with Gasteiger partial charge in [0.05, 0.1) is 17.6 Å². The predicted molar refractivity (Wildman–Crippen MR) is 131 cm³/mol. The lowest BCUT2D eigenvalue weighted by atomic mass is 10.1. The molecule has 6 rings (SSSR count). The third kappa shape index (κ3) is 3.36. The summed E-state index contributed by atoms with van der Waals surface area (Å²) >= 11 is 0. The van der Waals surface area contributed by atoms with Crippen molar-refractivity contribution in [3.63, 3.8) is 0 Å². The highest BCUT2D eigenvalue weighted by molar-refractivity contribution is 6.01. The van der Waals surface area contributed by atoms with Crippen LogP contribution in [0, 0.1) is 0 Å². The molecule has 2 aliphatic rings. The predicted octanol–water partition coefficient (Wildman–Crippen LogP) is 5.62. The highest BCUT2D eigenvalue weighted by atomic mass is 16.3. The van der Waals surface area contributed by atoms with E-state index in [0.29, 0.717) is 0 Å². The maximum absolute atomic E-state index is 6.10. The fraction of sp³-hybridized carbons (Fsp3) is 0.185. The zero-order chi connectivity index (χ0) is 21.5. The van der Waals surface area contributed by atoms with Gasteiger partial charge in [-0.2, -0.15) is 10.2 Å². The molecule has 4 aromatic rings. The third-order valence-corrected chi connectivity index (χ3v) is 6.24. The van der Waals surface area contributed by atoms with Crippen molar-refractivity contribution in [3.05, 3.63) is 95.2 Å². The van der Waals surface area contributed by atoms with Crippen molar-refractivity contribution in [2.24, 2.45) is 10.2 Å². The fourth-order valence-corrected chi connectivity index (χ4v) is 4.55. The third-order valence-electron chi connectivity index (χ3n) is 6.24. The van der Waals surface area contributed by atoms with E-state index in [1.165, 1.54) is 22.5 Å². The number of hydrogen-bond acceptors (Lipinski definition) is 5. The normalized spacial score (nSPS) is 15.7. The Hall–Kier alpha value is -3.86. The van der Waals surface area contributed by atoms with Gasteiger partial charge >= 0.3 is 0 Å². The lowest BCUT2D eigenvalue weighted by Gasteiger charge is -2.13. The molecular weight excluding hydrogens is 396 g/mol. The molecule has 0 fully saturated rings. The molecule has 0 saturated heterocycles. The summed E-state index contributed by atoms with van der Waals surface area (Å²) in [7, 11) is 0. The van der Waals surface area contributed by atoms with Crippen LogP contribution in [-0.2, 0) is 12.8 Å². The van der Waals surface area contributed by atoms with E-state index in [9.17, 15) is 0 Å². The Bertz CT molecular complexity index is 1370. The van der Waals surface area contributed by atoms with E-state index in [2.05, 4.69) is 70.7 Å². The highest BCUT2D eigenvalue weighted by Gasteiger charge is 2.19. The second-order valence-corrected chi connectivity index (χ2v) is 8.34. The molecular formula is C27H24N4O. The van der Waals surface area contributed by atoms with Crippen molar-refractivity contribution in [1.29, 1.82) is 0 Å². The quantitative estimate of drug-likeness (QED) is 0.403. The summed E-state index contributed by atoms with van der Waals surface area (Å²) in [4.78, 5) is 0. The summed E-state index contributed by atoms with van der Waals surface area (Å²) in [5.74, 6) is 0.798. The van der Waals surface area contributed by atoms with Crippen LogP contribution in [0.15, 0.2) is 87.4 Å². The van der Waals surface area contributed by atoms with E-state index >= 15 is 0 Å². The van der Waals surface area contributed by atoms with Gasteiger partial charge in [-0.25, -0.2) is 0 Å². The van der Waals surface area contributed by atoms with E-state index in [1.54, 1.807) is 0 Å². The Morgan fingerprint density at radius 3 is 2.31 bits per heavy atom. The van der Waals surface area contributed by atoms with E-state index in [1.807, 2.05) is 25.3 Å². The SMILES string of the molecule is C/C(=N\N1CCc2ccccc21)c1cc2cc(/C=N/N3CCc4ccccc43)ccc2o1. The number of anilines is 2. The molecule has 3 aromatic carbocycles. The molecule has 0 amide bonds. The summed E-state index contributed by atoms with van der Waals surface area (Å²) in [6.07, 6.45) is 3.99. The Balaban J connectivity index is 1.24. The average molecular weight is 421 g/mol. The smallest absolute Gasteiger partial charge is 0.151 e. The lowest BCUT2D eigenvalue weighted by Crippen LogP contribution is -2.15. The molecule has 1 aromatic heterocycles. The lowest BCUT2D eigenvalue weighted by molar-refractivity contribution is 0.603. The number of rotatable bonds is 4. The molecule has 158 valence electrons. The number of fused-ring (bicyclic) bond motifs is 3. The van der Waals surface area contributed by atoms with Crippen LogP contribution in [0.25, 0.3) is 11.0 Å². The number of hydrazone groups is 2. The molecule has 0 N–H and O–H groups in total. The monoisotopic (exact) mass is 420 g/mol. The van der Waals surface area contributed by atoms with Crippen molar-refractivity contribution in [2.75, 3.05) is 23.1 Å². The minimum atomic E-state index is 0.798. The summed E-state index contributed by atoms with van der Waals surface area (Å²) < 4.78 is 6.10. The topological polar surface area (TPSA) is 44.3 Å². The summed E-state index contributed by atoms with van der Waals surface area (Å²) in [5, 5.41) is 14.8. The largest absolute Gasteiger partial charge is 0.455 e. The Morgan fingerprint density at radius 2 is 1.53 bits per heavy atom. The van der Waals surface area contributed by atoms with Crippen molar-refractivity contribution in [3.8, 4) is 0 Å². The second-order valence-electron chi connectivity index (χ2n) is 8.34. The van der Waals surface area contributed by atoms with Gasteiger partial charge in [-0.1, -0.05) is 36.4 Å². The number of nitrogens with zero attached hydrogens (tertiary/aromatic N) is 4. The minimum Gasteiger partial charge on any atom is -0.455 e. The first-order valence-electron chi connectivity index (χ1n) is 11.1. The van der Waals surface area contributed by atoms with Crippen LogP contribution in [0.1, 0.15) is 29.4 Å². The number of benzene rings is 3. The van der Waals surface area contributed by atoms with Gasteiger partial charge in [-0.15, -0.1) is 0 Å². The van der Waals surface area contributed by atoms with E-state index < -0.39 is 0 Å². The molecule has 0 saturated carbocycles. The van der Waals surface area contributed by atoms with Gasteiger partial charge in [-0.05, 0) is 72.9 Å². The Labute approximate surface area is 187 Å². The van der Waals surface area contributed by atoms with Gasteiger partial charge in [-0.3, -0.25) is 10.0 Å². The average Bonchev–Trinajstić information content (AvgIpc) is 3.54. The van der Waals surface area contributed by atoms with Crippen LogP contribution in [0.3, 0.4) is 0 Å². The molecule has 5 nitrogen and oxygen atoms in total. The van der Waals surface area contributed by atoms with Crippen molar-refractivity contribution in [2.45, 2.75) is 19.8 Å². The fourth-order valence-electron chi connectivity index (χ4n) is 4.55. The van der Waals surface area contributed by atoms with Crippen LogP contribution >= 0.6 is 0 Å². The Morgan fingerprint density at radius 1 is 0.844 bits per heavy atom. The molecule has 0 radical (unpaired) electrons. The van der Waals surface area contributed by atoms with Crippen LogP contribution in [0.5, 0.6) is 0 Å². The first kappa shape index (κ1) is 18.9.